The van der Waals surface area contributed by atoms with Gasteiger partial charge in [-0.25, -0.2) is 0 Å². The number of rotatable bonds is 6. The van der Waals surface area contributed by atoms with E-state index in [1.807, 2.05) is 48.6 Å². The Morgan fingerprint density at radius 2 is 2.07 bits per heavy atom. The van der Waals surface area contributed by atoms with Gasteiger partial charge in [-0.1, -0.05) is 18.5 Å². The minimum absolute atomic E-state index is 0.0101. The minimum atomic E-state index is -0.203. The summed E-state index contributed by atoms with van der Waals surface area (Å²) in [4.78, 5) is 15.2. The van der Waals surface area contributed by atoms with Crippen molar-refractivity contribution in [2.45, 2.75) is 46.2 Å². The molecule has 1 aliphatic heterocycles. The van der Waals surface area contributed by atoms with Crippen LogP contribution in [0.2, 0.25) is 5.02 Å². The highest BCUT2D eigenvalue weighted by atomic mass is 35.5. The molecule has 2 atom stereocenters. The van der Waals surface area contributed by atoms with Crippen molar-refractivity contribution in [2.24, 2.45) is 5.92 Å². The SMILES string of the molecule is COc1ccc(OC)c([C@@H]2CCCN2C(=O)[C@@H](C)Cn2nc(C)c(Cl)c2C)c1. The number of likely N-dealkylation sites (tertiary alicyclic amines) is 1. The number of amides is 1. The summed E-state index contributed by atoms with van der Waals surface area (Å²) in [5.74, 6) is 1.46. The molecule has 0 N–H and O–H groups in total. The Morgan fingerprint density at radius 3 is 2.68 bits per heavy atom. The largest absolute Gasteiger partial charge is 0.497 e. The smallest absolute Gasteiger partial charge is 0.227 e. The maximum absolute atomic E-state index is 13.3. The summed E-state index contributed by atoms with van der Waals surface area (Å²) in [5.41, 5.74) is 2.68. The summed E-state index contributed by atoms with van der Waals surface area (Å²) in [6, 6.07) is 5.74. The highest BCUT2D eigenvalue weighted by Crippen LogP contribution is 2.39. The molecular weight excluding hydrogens is 378 g/mol. The van der Waals surface area contributed by atoms with Crippen LogP contribution in [-0.2, 0) is 11.3 Å². The fourth-order valence-electron chi connectivity index (χ4n) is 3.93. The quantitative estimate of drug-likeness (QED) is 0.723. The third kappa shape index (κ3) is 3.83. The molecule has 7 heteroatoms. The van der Waals surface area contributed by atoms with Gasteiger partial charge in [0.25, 0.3) is 0 Å². The van der Waals surface area contributed by atoms with Crippen molar-refractivity contribution in [2.75, 3.05) is 20.8 Å². The van der Waals surface area contributed by atoms with Crippen LogP contribution in [0.25, 0.3) is 0 Å². The third-order valence-corrected chi connectivity index (χ3v) is 6.04. The average molecular weight is 406 g/mol. The van der Waals surface area contributed by atoms with Gasteiger partial charge < -0.3 is 14.4 Å². The summed E-state index contributed by atoms with van der Waals surface area (Å²) in [5, 5.41) is 5.13. The van der Waals surface area contributed by atoms with E-state index < -0.39 is 0 Å². The van der Waals surface area contributed by atoms with Crippen LogP contribution < -0.4 is 9.47 Å². The zero-order valence-corrected chi connectivity index (χ0v) is 17.9. The number of hydrogen-bond donors (Lipinski definition) is 0. The number of nitrogens with zero attached hydrogens (tertiary/aromatic N) is 3. The molecule has 0 radical (unpaired) electrons. The molecule has 1 aromatic carbocycles. The van der Waals surface area contributed by atoms with Crippen molar-refractivity contribution in [3.63, 3.8) is 0 Å². The number of hydrogen-bond acceptors (Lipinski definition) is 4. The molecule has 1 fully saturated rings. The lowest BCUT2D eigenvalue weighted by atomic mass is 10.0. The van der Waals surface area contributed by atoms with Gasteiger partial charge in [0.15, 0.2) is 0 Å². The van der Waals surface area contributed by atoms with Crippen molar-refractivity contribution < 1.29 is 14.3 Å². The van der Waals surface area contributed by atoms with E-state index in [1.165, 1.54) is 0 Å². The molecule has 152 valence electrons. The van der Waals surface area contributed by atoms with Crippen molar-refractivity contribution >= 4 is 17.5 Å². The first-order valence-corrected chi connectivity index (χ1v) is 9.97. The van der Waals surface area contributed by atoms with Crippen molar-refractivity contribution in [1.82, 2.24) is 14.7 Å². The lowest BCUT2D eigenvalue weighted by Gasteiger charge is -2.29. The molecular formula is C21H28ClN3O3. The van der Waals surface area contributed by atoms with E-state index in [0.717, 1.165) is 47.8 Å². The van der Waals surface area contributed by atoms with Crippen molar-refractivity contribution in [1.29, 1.82) is 0 Å². The number of benzene rings is 1. The van der Waals surface area contributed by atoms with Crippen LogP contribution in [-0.4, -0.2) is 41.4 Å². The predicted molar refractivity (Wildman–Crippen MR) is 109 cm³/mol. The zero-order valence-electron chi connectivity index (χ0n) is 17.2. The first-order chi connectivity index (χ1) is 13.4. The summed E-state index contributed by atoms with van der Waals surface area (Å²) in [7, 11) is 3.30. The Kier molecular flexibility index (Phi) is 6.18. The number of carbonyl (C=O) groups excluding carboxylic acids is 1. The molecule has 1 amide bonds. The van der Waals surface area contributed by atoms with Crippen LogP contribution in [0.4, 0.5) is 0 Å². The number of methoxy groups -OCH3 is 2. The Bertz CT molecular complexity index is 865. The lowest BCUT2D eigenvalue weighted by Crippen LogP contribution is -2.36. The van der Waals surface area contributed by atoms with Gasteiger partial charge in [-0.2, -0.15) is 5.10 Å². The number of halogens is 1. The standard InChI is InChI=1S/C21H28ClN3O3/c1-13(12-25-15(3)20(22)14(2)23-25)21(26)24-10-6-7-18(24)17-11-16(27-4)8-9-19(17)28-5/h8-9,11,13,18H,6-7,10,12H2,1-5H3/t13-,18-/m0/s1. The number of ether oxygens (including phenoxy) is 2. The van der Waals surface area contributed by atoms with E-state index >= 15 is 0 Å². The zero-order chi connectivity index (χ0) is 20.4. The second-order valence-electron chi connectivity index (χ2n) is 7.37. The van der Waals surface area contributed by atoms with E-state index in [9.17, 15) is 4.79 Å². The molecule has 2 aromatic rings. The fraction of sp³-hybridized carbons (Fsp3) is 0.524. The van der Waals surface area contributed by atoms with E-state index in [-0.39, 0.29) is 17.9 Å². The minimum Gasteiger partial charge on any atom is -0.497 e. The van der Waals surface area contributed by atoms with Gasteiger partial charge in [0, 0.05) is 12.1 Å². The third-order valence-electron chi connectivity index (χ3n) is 5.49. The molecule has 0 bridgehead atoms. The second-order valence-corrected chi connectivity index (χ2v) is 7.74. The second kappa shape index (κ2) is 8.43. The summed E-state index contributed by atoms with van der Waals surface area (Å²) in [6.07, 6.45) is 1.88. The Morgan fingerprint density at radius 1 is 1.32 bits per heavy atom. The van der Waals surface area contributed by atoms with E-state index in [0.29, 0.717) is 11.6 Å². The Hall–Kier alpha value is -2.21. The molecule has 28 heavy (non-hydrogen) atoms. The van der Waals surface area contributed by atoms with Gasteiger partial charge in [0.2, 0.25) is 5.91 Å². The molecule has 1 aliphatic rings. The molecule has 3 rings (SSSR count). The normalized spacial score (nSPS) is 17.6. The van der Waals surface area contributed by atoms with Gasteiger partial charge in [-0.05, 0) is 44.9 Å². The van der Waals surface area contributed by atoms with Crippen molar-refractivity contribution in [3.05, 3.63) is 40.2 Å². The summed E-state index contributed by atoms with van der Waals surface area (Å²) in [6.45, 7) is 7.01. The monoisotopic (exact) mass is 405 g/mol. The van der Waals surface area contributed by atoms with Crippen LogP contribution in [0.5, 0.6) is 11.5 Å². The molecule has 0 spiro atoms. The topological polar surface area (TPSA) is 56.6 Å². The fourth-order valence-corrected chi connectivity index (χ4v) is 4.06. The van der Waals surface area contributed by atoms with Crippen LogP contribution >= 0.6 is 11.6 Å². The number of aryl methyl sites for hydroxylation is 1. The van der Waals surface area contributed by atoms with Crippen LogP contribution in [0, 0.1) is 19.8 Å². The van der Waals surface area contributed by atoms with E-state index in [1.54, 1.807) is 14.2 Å². The van der Waals surface area contributed by atoms with Crippen LogP contribution in [0.15, 0.2) is 18.2 Å². The molecule has 6 nitrogen and oxygen atoms in total. The number of aromatic nitrogens is 2. The first-order valence-electron chi connectivity index (χ1n) is 9.59. The Balaban J connectivity index is 1.82. The maximum atomic E-state index is 13.3. The van der Waals surface area contributed by atoms with Gasteiger partial charge in [-0.15, -0.1) is 0 Å². The summed E-state index contributed by atoms with van der Waals surface area (Å²) < 4.78 is 12.8. The lowest BCUT2D eigenvalue weighted by molar-refractivity contribution is -0.136. The van der Waals surface area contributed by atoms with E-state index in [4.69, 9.17) is 21.1 Å². The number of carbonyl (C=O) groups is 1. The van der Waals surface area contributed by atoms with Gasteiger partial charge in [0.1, 0.15) is 11.5 Å². The Labute approximate surface area is 171 Å². The van der Waals surface area contributed by atoms with Gasteiger partial charge in [-0.3, -0.25) is 9.48 Å². The summed E-state index contributed by atoms with van der Waals surface area (Å²) >= 11 is 6.25. The molecule has 0 saturated carbocycles. The van der Waals surface area contributed by atoms with E-state index in [2.05, 4.69) is 5.10 Å². The molecule has 2 heterocycles. The molecule has 1 saturated heterocycles. The molecule has 1 aromatic heterocycles. The van der Waals surface area contributed by atoms with Crippen LogP contribution in [0.1, 0.15) is 42.8 Å². The first kappa shape index (κ1) is 20.5. The maximum Gasteiger partial charge on any atom is 0.227 e. The molecule has 0 aliphatic carbocycles. The highest BCUT2D eigenvalue weighted by Gasteiger charge is 2.34. The van der Waals surface area contributed by atoms with Gasteiger partial charge >= 0.3 is 0 Å². The molecule has 0 unspecified atom stereocenters. The predicted octanol–water partition coefficient (Wildman–Crippen LogP) is 4.17. The van der Waals surface area contributed by atoms with Crippen LogP contribution in [0.3, 0.4) is 0 Å². The van der Waals surface area contributed by atoms with Gasteiger partial charge in [0.05, 0.1) is 49.1 Å². The highest BCUT2D eigenvalue weighted by molar-refractivity contribution is 6.31. The van der Waals surface area contributed by atoms with Crippen molar-refractivity contribution in [3.8, 4) is 11.5 Å². The average Bonchev–Trinajstić information content (AvgIpc) is 3.28.